The number of aromatic nitrogens is 3. The fourth-order valence-corrected chi connectivity index (χ4v) is 3.37. The number of oxime groups is 1. The van der Waals surface area contributed by atoms with E-state index >= 15 is 0 Å². The molecule has 148 valence electrons. The van der Waals surface area contributed by atoms with Crippen LogP contribution in [0.3, 0.4) is 0 Å². The van der Waals surface area contributed by atoms with Crippen LogP contribution in [0.4, 0.5) is 10.3 Å². The Hall–Kier alpha value is -2.97. The molecule has 1 aliphatic rings. The van der Waals surface area contributed by atoms with Gasteiger partial charge in [-0.2, -0.15) is 0 Å². The number of rotatable bonds is 5. The number of amides is 1. The van der Waals surface area contributed by atoms with Gasteiger partial charge in [-0.15, -0.1) is 5.10 Å². The van der Waals surface area contributed by atoms with E-state index in [4.69, 9.17) is 28.0 Å². The number of carbonyl (C=O) groups is 1. The maximum Gasteiger partial charge on any atom is 0.271 e. The first-order valence-corrected chi connectivity index (χ1v) is 9.37. The van der Waals surface area contributed by atoms with Gasteiger partial charge in [-0.1, -0.05) is 46.6 Å². The largest absolute Gasteiger partial charge is 0.382 e. The molecule has 0 radical (unpaired) electrons. The maximum absolute atomic E-state index is 14.0. The zero-order valence-electron chi connectivity index (χ0n) is 14.8. The summed E-state index contributed by atoms with van der Waals surface area (Å²) in [5.74, 6) is -0.892. The molecule has 3 aromatic rings. The third-order valence-electron chi connectivity index (χ3n) is 4.22. The fourth-order valence-electron chi connectivity index (χ4n) is 2.88. The minimum atomic E-state index is -0.930. The Morgan fingerprint density at radius 3 is 2.90 bits per heavy atom. The van der Waals surface area contributed by atoms with Gasteiger partial charge in [0.05, 0.1) is 22.8 Å². The zero-order chi connectivity index (χ0) is 20.4. The van der Waals surface area contributed by atoms with Gasteiger partial charge in [0, 0.05) is 11.4 Å². The molecule has 29 heavy (non-hydrogen) atoms. The van der Waals surface area contributed by atoms with Gasteiger partial charge in [-0.25, -0.2) is 14.1 Å². The third-order valence-corrected chi connectivity index (χ3v) is 4.77. The van der Waals surface area contributed by atoms with Crippen molar-refractivity contribution < 1.29 is 14.0 Å². The monoisotopic (exact) mass is 433 g/mol. The van der Waals surface area contributed by atoms with Crippen molar-refractivity contribution in [3.8, 4) is 0 Å². The Kier molecular flexibility index (Phi) is 5.46. The molecule has 10 heteroatoms. The summed E-state index contributed by atoms with van der Waals surface area (Å²) in [6, 6.07) is 11.7. The van der Waals surface area contributed by atoms with Crippen LogP contribution in [0, 0.1) is 5.82 Å². The molecule has 1 N–H and O–H groups in total. The van der Waals surface area contributed by atoms with Crippen molar-refractivity contribution in [3.05, 3.63) is 75.8 Å². The number of halogens is 3. The molecule has 1 aromatic heterocycles. The van der Waals surface area contributed by atoms with E-state index in [1.807, 2.05) is 18.2 Å². The van der Waals surface area contributed by atoms with Crippen molar-refractivity contribution in [1.82, 2.24) is 14.8 Å². The molecule has 4 rings (SSSR count). The molecule has 0 saturated heterocycles. The van der Waals surface area contributed by atoms with Gasteiger partial charge in [0.2, 0.25) is 12.1 Å². The lowest BCUT2D eigenvalue weighted by atomic mass is 10.0. The average Bonchev–Trinajstić information content (AvgIpc) is 3.32. The lowest BCUT2D eigenvalue weighted by Crippen LogP contribution is -2.28. The lowest BCUT2D eigenvalue weighted by molar-refractivity contribution is -0.125. The predicted octanol–water partition coefficient (Wildman–Crippen LogP) is 3.90. The van der Waals surface area contributed by atoms with Crippen molar-refractivity contribution in [2.24, 2.45) is 5.16 Å². The van der Waals surface area contributed by atoms with E-state index in [0.29, 0.717) is 11.6 Å². The van der Waals surface area contributed by atoms with Crippen LogP contribution in [0.25, 0.3) is 0 Å². The SMILES string of the molecule is O=C(Nc1ncn(Cc2cccc(Cl)c2)n1)C1CC(c2c(F)cccc2Cl)=NO1. The summed E-state index contributed by atoms with van der Waals surface area (Å²) in [4.78, 5) is 21.6. The summed E-state index contributed by atoms with van der Waals surface area (Å²) in [7, 11) is 0. The molecular formula is C19H14Cl2FN5O2. The van der Waals surface area contributed by atoms with E-state index in [-0.39, 0.29) is 28.7 Å². The number of nitrogens with one attached hydrogen (secondary N) is 1. The summed E-state index contributed by atoms with van der Waals surface area (Å²) in [6.07, 6.45) is 0.642. The summed E-state index contributed by atoms with van der Waals surface area (Å²) < 4.78 is 15.6. The molecule has 0 spiro atoms. The molecule has 0 bridgehead atoms. The first-order chi connectivity index (χ1) is 14.0. The quantitative estimate of drug-likeness (QED) is 0.661. The first-order valence-electron chi connectivity index (χ1n) is 8.61. The smallest absolute Gasteiger partial charge is 0.271 e. The number of anilines is 1. The van der Waals surface area contributed by atoms with E-state index in [9.17, 15) is 9.18 Å². The summed E-state index contributed by atoms with van der Waals surface area (Å²) in [5.41, 5.74) is 1.35. The highest BCUT2D eigenvalue weighted by Crippen LogP contribution is 2.25. The Bertz CT molecular complexity index is 1080. The first kappa shape index (κ1) is 19.4. The van der Waals surface area contributed by atoms with Crippen LogP contribution in [0.1, 0.15) is 17.5 Å². The van der Waals surface area contributed by atoms with E-state index in [2.05, 4.69) is 20.6 Å². The van der Waals surface area contributed by atoms with Gasteiger partial charge >= 0.3 is 0 Å². The topological polar surface area (TPSA) is 81.4 Å². The van der Waals surface area contributed by atoms with E-state index in [1.54, 1.807) is 16.8 Å². The standard InChI is InChI=1S/C19H14Cl2FN5O2/c20-12-4-1-3-11(7-12)9-27-10-23-19(25-27)24-18(28)16-8-15(26-29-16)17-13(21)5-2-6-14(17)22/h1-7,10,16H,8-9H2,(H,24,25,28). The molecule has 1 unspecified atom stereocenters. The number of benzene rings is 2. The van der Waals surface area contributed by atoms with Crippen LogP contribution in [0.15, 0.2) is 53.9 Å². The van der Waals surface area contributed by atoms with E-state index in [1.165, 1.54) is 18.5 Å². The van der Waals surface area contributed by atoms with Crippen LogP contribution in [-0.4, -0.2) is 32.5 Å². The van der Waals surface area contributed by atoms with Crippen LogP contribution < -0.4 is 5.32 Å². The predicted molar refractivity (Wildman–Crippen MR) is 107 cm³/mol. The van der Waals surface area contributed by atoms with Gasteiger partial charge in [-0.05, 0) is 29.8 Å². The van der Waals surface area contributed by atoms with E-state index in [0.717, 1.165) is 5.56 Å². The normalized spacial score (nSPS) is 15.7. The molecule has 2 aromatic carbocycles. The molecule has 0 aliphatic carbocycles. The number of carbonyl (C=O) groups excluding carboxylic acids is 1. The highest BCUT2D eigenvalue weighted by Gasteiger charge is 2.31. The van der Waals surface area contributed by atoms with Gasteiger partial charge in [0.25, 0.3) is 5.91 Å². The number of hydrogen-bond acceptors (Lipinski definition) is 5. The average molecular weight is 434 g/mol. The Labute approximate surface area is 175 Å². The molecule has 0 fully saturated rings. The van der Waals surface area contributed by atoms with Gasteiger partial charge < -0.3 is 4.84 Å². The number of hydrogen-bond donors (Lipinski definition) is 1. The van der Waals surface area contributed by atoms with Crippen LogP contribution in [0.5, 0.6) is 0 Å². The minimum absolute atomic E-state index is 0.0791. The maximum atomic E-state index is 14.0. The van der Waals surface area contributed by atoms with Gasteiger partial charge in [-0.3, -0.25) is 10.1 Å². The minimum Gasteiger partial charge on any atom is -0.382 e. The molecular weight excluding hydrogens is 420 g/mol. The van der Waals surface area contributed by atoms with Crippen molar-refractivity contribution in [3.63, 3.8) is 0 Å². The van der Waals surface area contributed by atoms with Crippen LogP contribution in [0.2, 0.25) is 10.0 Å². The summed E-state index contributed by atoms with van der Waals surface area (Å²) in [6.45, 7) is 0.447. The third kappa shape index (κ3) is 4.38. The van der Waals surface area contributed by atoms with Crippen molar-refractivity contribution in [2.45, 2.75) is 19.1 Å². The highest BCUT2D eigenvalue weighted by molar-refractivity contribution is 6.34. The fraction of sp³-hybridized carbons (Fsp3) is 0.158. The van der Waals surface area contributed by atoms with Gasteiger partial charge in [0.1, 0.15) is 12.1 Å². The Morgan fingerprint density at radius 2 is 2.10 bits per heavy atom. The van der Waals surface area contributed by atoms with Gasteiger partial charge in [0.15, 0.2) is 0 Å². The second-order valence-electron chi connectivity index (χ2n) is 6.32. The van der Waals surface area contributed by atoms with E-state index < -0.39 is 17.8 Å². The summed E-state index contributed by atoms with van der Waals surface area (Å²) in [5, 5.41) is 11.4. The Morgan fingerprint density at radius 1 is 1.28 bits per heavy atom. The lowest BCUT2D eigenvalue weighted by Gasteiger charge is -2.07. The Balaban J connectivity index is 1.38. The molecule has 1 atom stereocenters. The molecule has 1 aliphatic heterocycles. The molecule has 1 amide bonds. The van der Waals surface area contributed by atoms with Crippen molar-refractivity contribution >= 4 is 40.8 Å². The zero-order valence-corrected chi connectivity index (χ0v) is 16.4. The molecule has 7 nitrogen and oxygen atoms in total. The second kappa shape index (κ2) is 8.18. The molecule has 2 heterocycles. The second-order valence-corrected chi connectivity index (χ2v) is 7.16. The van der Waals surface area contributed by atoms with Crippen LogP contribution in [-0.2, 0) is 16.2 Å². The van der Waals surface area contributed by atoms with Crippen LogP contribution >= 0.6 is 23.2 Å². The highest BCUT2D eigenvalue weighted by atomic mass is 35.5. The summed E-state index contributed by atoms with van der Waals surface area (Å²) >= 11 is 12.0. The van der Waals surface area contributed by atoms with Crippen molar-refractivity contribution in [1.29, 1.82) is 0 Å². The molecule has 0 saturated carbocycles. The number of nitrogens with zero attached hydrogens (tertiary/aromatic N) is 4. The van der Waals surface area contributed by atoms with Crippen molar-refractivity contribution in [2.75, 3.05) is 5.32 Å².